The Labute approximate surface area is 161 Å². The van der Waals surface area contributed by atoms with E-state index in [9.17, 15) is 13.6 Å². The molecule has 146 valence electrons. The monoisotopic (exact) mass is 386 g/mol. The summed E-state index contributed by atoms with van der Waals surface area (Å²) >= 11 is 0. The van der Waals surface area contributed by atoms with Crippen molar-refractivity contribution in [3.05, 3.63) is 71.6 Å². The standard InChI is InChI=1S/C20H20F2N4O2/c1-12-5-4-6-17(22)19(12)26-11-18(24-25-26)13(2)23-20(27)14(3)28-16-9-7-15(21)8-10-16/h4-11,13-14H,1-3H3,(H,23,27). The average molecular weight is 386 g/mol. The lowest BCUT2D eigenvalue weighted by Crippen LogP contribution is -2.37. The third-order valence-corrected chi connectivity index (χ3v) is 4.23. The topological polar surface area (TPSA) is 69.0 Å². The normalized spacial score (nSPS) is 13.0. The lowest BCUT2D eigenvalue weighted by atomic mass is 10.2. The van der Waals surface area contributed by atoms with Gasteiger partial charge in [0, 0.05) is 0 Å². The number of carbonyl (C=O) groups excluding carboxylic acids is 1. The predicted octanol–water partition coefficient (Wildman–Crippen LogP) is 3.50. The van der Waals surface area contributed by atoms with Crippen LogP contribution in [0.5, 0.6) is 5.75 Å². The van der Waals surface area contributed by atoms with E-state index in [0.717, 1.165) is 5.56 Å². The molecule has 28 heavy (non-hydrogen) atoms. The SMILES string of the molecule is Cc1cccc(F)c1-n1cc(C(C)NC(=O)C(C)Oc2ccc(F)cc2)nn1. The molecule has 0 bridgehead atoms. The molecule has 1 heterocycles. The summed E-state index contributed by atoms with van der Waals surface area (Å²) in [5.74, 6) is -0.771. The van der Waals surface area contributed by atoms with E-state index in [4.69, 9.17) is 4.74 Å². The molecule has 0 aliphatic rings. The minimum atomic E-state index is -0.795. The van der Waals surface area contributed by atoms with Gasteiger partial charge in [0.1, 0.15) is 28.8 Å². The summed E-state index contributed by atoms with van der Waals surface area (Å²) in [5.41, 5.74) is 1.51. The lowest BCUT2D eigenvalue weighted by molar-refractivity contribution is -0.127. The van der Waals surface area contributed by atoms with Crippen molar-refractivity contribution in [1.29, 1.82) is 0 Å². The fourth-order valence-electron chi connectivity index (χ4n) is 2.67. The Morgan fingerprint density at radius 2 is 1.86 bits per heavy atom. The number of ether oxygens (including phenoxy) is 1. The van der Waals surface area contributed by atoms with Crippen molar-refractivity contribution in [3.8, 4) is 11.4 Å². The maximum absolute atomic E-state index is 14.1. The second-order valence-electron chi connectivity index (χ2n) is 6.44. The highest BCUT2D eigenvalue weighted by atomic mass is 19.1. The average Bonchev–Trinajstić information content (AvgIpc) is 3.13. The Hall–Kier alpha value is -3.29. The van der Waals surface area contributed by atoms with Crippen LogP contribution >= 0.6 is 0 Å². The summed E-state index contributed by atoms with van der Waals surface area (Å²) in [6.45, 7) is 5.11. The summed E-state index contributed by atoms with van der Waals surface area (Å²) < 4.78 is 33.9. The van der Waals surface area contributed by atoms with Crippen molar-refractivity contribution in [3.63, 3.8) is 0 Å². The van der Waals surface area contributed by atoms with Crippen molar-refractivity contribution in [1.82, 2.24) is 20.3 Å². The number of nitrogens with one attached hydrogen (secondary N) is 1. The number of carbonyl (C=O) groups is 1. The van der Waals surface area contributed by atoms with Crippen molar-refractivity contribution in [2.24, 2.45) is 0 Å². The molecule has 0 aliphatic heterocycles. The number of halogens is 2. The number of para-hydroxylation sites is 1. The zero-order valence-electron chi connectivity index (χ0n) is 15.7. The summed E-state index contributed by atoms with van der Waals surface area (Å²) in [7, 11) is 0. The third-order valence-electron chi connectivity index (χ3n) is 4.23. The zero-order valence-corrected chi connectivity index (χ0v) is 15.7. The Balaban J connectivity index is 1.66. The van der Waals surface area contributed by atoms with Gasteiger partial charge in [-0.15, -0.1) is 5.10 Å². The van der Waals surface area contributed by atoms with Gasteiger partial charge in [0.25, 0.3) is 5.91 Å². The van der Waals surface area contributed by atoms with Crippen LogP contribution in [0.3, 0.4) is 0 Å². The third kappa shape index (κ3) is 4.33. The van der Waals surface area contributed by atoms with E-state index >= 15 is 0 Å². The smallest absolute Gasteiger partial charge is 0.261 e. The molecule has 0 saturated carbocycles. The van der Waals surface area contributed by atoms with Gasteiger partial charge in [0.05, 0.1) is 12.2 Å². The zero-order chi connectivity index (χ0) is 20.3. The number of hydrogen-bond acceptors (Lipinski definition) is 4. The van der Waals surface area contributed by atoms with Gasteiger partial charge in [-0.3, -0.25) is 4.79 Å². The number of nitrogens with zero attached hydrogens (tertiary/aromatic N) is 3. The minimum Gasteiger partial charge on any atom is -0.481 e. The van der Waals surface area contributed by atoms with Gasteiger partial charge in [-0.05, 0) is 56.7 Å². The van der Waals surface area contributed by atoms with E-state index < -0.39 is 18.0 Å². The number of benzene rings is 2. The molecule has 2 aromatic carbocycles. The second-order valence-corrected chi connectivity index (χ2v) is 6.44. The Bertz CT molecular complexity index is 952. The van der Waals surface area contributed by atoms with Crippen LogP contribution in [0.4, 0.5) is 8.78 Å². The molecule has 0 radical (unpaired) electrons. The van der Waals surface area contributed by atoms with E-state index in [1.54, 1.807) is 39.1 Å². The molecule has 6 nitrogen and oxygen atoms in total. The van der Waals surface area contributed by atoms with Gasteiger partial charge in [0.15, 0.2) is 6.10 Å². The minimum absolute atomic E-state index is 0.313. The highest BCUT2D eigenvalue weighted by Crippen LogP contribution is 2.19. The first-order chi connectivity index (χ1) is 13.3. The molecule has 3 rings (SSSR count). The first-order valence-electron chi connectivity index (χ1n) is 8.75. The van der Waals surface area contributed by atoms with Gasteiger partial charge in [0.2, 0.25) is 0 Å². The molecule has 2 unspecified atom stereocenters. The Morgan fingerprint density at radius 3 is 2.54 bits per heavy atom. The second kappa shape index (κ2) is 8.16. The van der Waals surface area contributed by atoms with E-state index in [-0.39, 0.29) is 11.7 Å². The van der Waals surface area contributed by atoms with Gasteiger partial charge < -0.3 is 10.1 Å². The molecule has 0 fully saturated rings. The summed E-state index contributed by atoms with van der Waals surface area (Å²) in [6.07, 6.45) is 0.777. The molecule has 3 aromatic rings. The molecule has 0 saturated heterocycles. The first-order valence-corrected chi connectivity index (χ1v) is 8.75. The number of aromatic nitrogens is 3. The largest absolute Gasteiger partial charge is 0.481 e. The summed E-state index contributed by atoms with van der Waals surface area (Å²) in [4.78, 5) is 12.4. The fraction of sp³-hybridized carbons (Fsp3) is 0.250. The summed E-state index contributed by atoms with van der Waals surface area (Å²) in [5, 5.41) is 10.8. The molecule has 1 N–H and O–H groups in total. The van der Waals surface area contributed by atoms with E-state index in [0.29, 0.717) is 17.1 Å². The van der Waals surface area contributed by atoms with Crippen LogP contribution in [0.15, 0.2) is 48.7 Å². The molecule has 8 heteroatoms. The number of rotatable bonds is 6. The van der Waals surface area contributed by atoms with Crippen molar-refractivity contribution < 1.29 is 18.3 Å². The van der Waals surface area contributed by atoms with Gasteiger partial charge in [-0.2, -0.15) is 0 Å². The van der Waals surface area contributed by atoms with Gasteiger partial charge >= 0.3 is 0 Å². The lowest BCUT2D eigenvalue weighted by Gasteiger charge is -2.17. The highest BCUT2D eigenvalue weighted by Gasteiger charge is 2.20. The van der Waals surface area contributed by atoms with Crippen molar-refractivity contribution in [2.45, 2.75) is 32.9 Å². The van der Waals surface area contributed by atoms with Crippen LogP contribution in [0.2, 0.25) is 0 Å². The Morgan fingerprint density at radius 1 is 1.14 bits per heavy atom. The molecule has 1 aromatic heterocycles. The number of hydrogen-bond donors (Lipinski definition) is 1. The van der Waals surface area contributed by atoms with Crippen LogP contribution in [-0.2, 0) is 4.79 Å². The van der Waals surface area contributed by atoms with Crippen molar-refractivity contribution >= 4 is 5.91 Å². The molecule has 1 amide bonds. The summed E-state index contributed by atoms with van der Waals surface area (Å²) in [6, 6.07) is 9.69. The van der Waals surface area contributed by atoms with Crippen LogP contribution in [0, 0.1) is 18.6 Å². The quantitative estimate of drug-likeness (QED) is 0.704. The molecule has 0 aliphatic carbocycles. The predicted molar refractivity (Wildman–Crippen MR) is 99.1 cm³/mol. The van der Waals surface area contributed by atoms with Crippen molar-refractivity contribution in [2.75, 3.05) is 0 Å². The number of aryl methyl sites for hydroxylation is 1. The number of amides is 1. The van der Waals surface area contributed by atoms with Gasteiger partial charge in [-0.1, -0.05) is 17.3 Å². The molecule has 0 spiro atoms. The van der Waals surface area contributed by atoms with Crippen LogP contribution in [0.25, 0.3) is 5.69 Å². The Kier molecular flexibility index (Phi) is 5.67. The first kappa shape index (κ1) is 19.5. The van der Waals surface area contributed by atoms with E-state index in [1.165, 1.54) is 35.0 Å². The van der Waals surface area contributed by atoms with Crippen LogP contribution < -0.4 is 10.1 Å². The highest BCUT2D eigenvalue weighted by molar-refractivity contribution is 5.81. The van der Waals surface area contributed by atoms with E-state index in [2.05, 4.69) is 15.6 Å². The molecular weight excluding hydrogens is 366 g/mol. The van der Waals surface area contributed by atoms with E-state index in [1.807, 2.05) is 0 Å². The molecule has 2 atom stereocenters. The van der Waals surface area contributed by atoms with Crippen LogP contribution in [0.1, 0.15) is 31.1 Å². The van der Waals surface area contributed by atoms with Gasteiger partial charge in [-0.25, -0.2) is 13.5 Å². The van der Waals surface area contributed by atoms with Crippen LogP contribution in [-0.4, -0.2) is 27.0 Å². The maximum Gasteiger partial charge on any atom is 0.261 e. The fourth-order valence-corrected chi connectivity index (χ4v) is 2.67. The molecular formula is C20H20F2N4O2. The maximum atomic E-state index is 14.1.